The third-order valence-corrected chi connectivity index (χ3v) is 4.52. The Labute approximate surface area is 131 Å². The molecule has 0 heterocycles. The van der Waals surface area contributed by atoms with E-state index < -0.39 is 5.54 Å². The highest BCUT2D eigenvalue weighted by atomic mass is 32.1. The Balaban J connectivity index is 2.27. The molecule has 0 unspecified atom stereocenters. The second-order valence-corrected chi connectivity index (χ2v) is 6.10. The van der Waals surface area contributed by atoms with Crippen molar-refractivity contribution in [1.29, 1.82) is 0 Å². The van der Waals surface area contributed by atoms with Crippen molar-refractivity contribution < 1.29 is 9.53 Å². The normalized spacial score (nSPS) is 17.0. The van der Waals surface area contributed by atoms with E-state index in [1.165, 1.54) is 0 Å². The van der Waals surface area contributed by atoms with Gasteiger partial charge in [-0.15, -0.1) is 0 Å². The zero-order valence-electron chi connectivity index (χ0n) is 12.6. The molecule has 5 heteroatoms. The number of ether oxygens (including phenoxy) is 1. The number of carbonyl (C=O) groups excluding carboxylic acids is 1. The third-order valence-electron chi connectivity index (χ3n) is 4.13. The predicted molar refractivity (Wildman–Crippen MR) is 87.8 cm³/mol. The molecule has 0 aliphatic heterocycles. The molecule has 1 fully saturated rings. The number of carbonyl (C=O) groups is 1. The van der Waals surface area contributed by atoms with Crippen molar-refractivity contribution in [2.75, 3.05) is 7.11 Å². The molecule has 1 amide bonds. The molecule has 0 atom stereocenters. The largest absolute Gasteiger partial charge is 0.496 e. The van der Waals surface area contributed by atoms with Crippen LogP contribution in [0.4, 0.5) is 0 Å². The number of methoxy groups -OCH3 is 1. The number of nitrogens with two attached hydrogens (primary N) is 1. The van der Waals surface area contributed by atoms with Gasteiger partial charge in [-0.1, -0.05) is 43.1 Å². The molecule has 0 bridgehead atoms. The quantitative estimate of drug-likeness (QED) is 0.840. The minimum Gasteiger partial charge on any atom is -0.496 e. The van der Waals surface area contributed by atoms with Crippen LogP contribution in [0.15, 0.2) is 18.2 Å². The molecule has 1 aliphatic rings. The molecule has 0 aromatic heterocycles. The third kappa shape index (κ3) is 3.35. The number of thiocarbonyl (C=S) groups is 1. The zero-order valence-corrected chi connectivity index (χ0v) is 13.4. The summed E-state index contributed by atoms with van der Waals surface area (Å²) in [6, 6.07) is 5.54. The van der Waals surface area contributed by atoms with Crippen LogP contribution in [0.2, 0.25) is 0 Å². The topological polar surface area (TPSA) is 64.3 Å². The maximum absolute atomic E-state index is 12.6. The van der Waals surface area contributed by atoms with Crippen molar-refractivity contribution in [3.63, 3.8) is 0 Å². The van der Waals surface area contributed by atoms with Gasteiger partial charge in [-0.05, 0) is 31.9 Å². The Hall–Kier alpha value is -1.62. The Morgan fingerprint density at radius 2 is 2.00 bits per heavy atom. The number of amides is 1. The smallest absolute Gasteiger partial charge is 0.255 e. The summed E-state index contributed by atoms with van der Waals surface area (Å²) in [5, 5.41) is 3.06. The fourth-order valence-corrected chi connectivity index (χ4v) is 3.13. The van der Waals surface area contributed by atoms with Crippen LogP contribution >= 0.6 is 12.2 Å². The van der Waals surface area contributed by atoms with Gasteiger partial charge in [-0.3, -0.25) is 4.79 Å². The lowest BCUT2D eigenvalue weighted by Crippen LogP contribution is -2.57. The average Bonchev–Trinajstić information content (AvgIpc) is 2.48. The van der Waals surface area contributed by atoms with E-state index >= 15 is 0 Å². The lowest BCUT2D eigenvalue weighted by Gasteiger charge is -2.37. The molecule has 1 aliphatic carbocycles. The van der Waals surface area contributed by atoms with Gasteiger partial charge < -0.3 is 15.8 Å². The number of hydrogen-bond acceptors (Lipinski definition) is 3. The van der Waals surface area contributed by atoms with Crippen molar-refractivity contribution in [3.05, 3.63) is 29.3 Å². The van der Waals surface area contributed by atoms with E-state index in [0.717, 1.165) is 37.7 Å². The summed E-state index contributed by atoms with van der Waals surface area (Å²) in [6.45, 7) is 1.94. The molecule has 1 aromatic carbocycles. The molecule has 2 rings (SSSR count). The summed E-state index contributed by atoms with van der Waals surface area (Å²) in [7, 11) is 1.56. The van der Waals surface area contributed by atoms with Crippen LogP contribution in [0, 0.1) is 6.92 Å². The Morgan fingerprint density at radius 1 is 1.33 bits per heavy atom. The van der Waals surface area contributed by atoms with E-state index in [9.17, 15) is 4.79 Å². The van der Waals surface area contributed by atoms with E-state index in [1.807, 2.05) is 19.1 Å². The summed E-state index contributed by atoms with van der Waals surface area (Å²) < 4.78 is 5.28. The summed E-state index contributed by atoms with van der Waals surface area (Å²) in [5.74, 6) is 0.386. The molecule has 0 saturated heterocycles. The number of nitrogens with one attached hydrogen (secondary N) is 1. The number of rotatable bonds is 4. The van der Waals surface area contributed by atoms with Gasteiger partial charge in [0.2, 0.25) is 0 Å². The van der Waals surface area contributed by atoms with Gasteiger partial charge in [0, 0.05) is 0 Å². The van der Waals surface area contributed by atoms with Crippen molar-refractivity contribution in [1.82, 2.24) is 5.32 Å². The van der Waals surface area contributed by atoms with Crippen molar-refractivity contribution >= 4 is 23.1 Å². The molecule has 3 N–H and O–H groups in total. The highest BCUT2D eigenvalue weighted by Gasteiger charge is 2.37. The molecule has 4 nitrogen and oxygen atoms in total. The van der Waals surface area contributed by atoms with E-state index in [1.54, 1.807) is 13.2 Å². The highest BCUT2D eigenvalue weighted by molar-refractivity contribution is 7.80. The van der Waals surface area contributed by atoms with Gasteiger partial charge in [-0.25, -0.2) is 0 Å². The van der Waals surface area contributed by atoms with Crippen LogP contribution in [0.25, 0.3) is 0 Å². The second kappa shape index (κ2) is 6.43. The maximum Gasteiger partial charge on any atom is 0.255 e. The number of aryl methyl sites for hydroxylation is 1. The minimum absolute atomic E-state index is 0.176. The van der Waals surface area contributed by atoms with Crippen molar-refractivity contribution in [2.24, 2.45) is 5.73 Å². The molecule has 1 aromatic rings. The summed E-state index contributed by atoms with van der Waals surface area (Å²) in [5.41, 5.74) is 6.89. The molecule has 0 radical (unpaired) electrons. The molecular weight excluding hydrogens is 284 g/mol. The van der Waals surface area contributed by atoms with Gasteiger partial charge in [-0.2, -0.15) is 0 Å². The molecule has 0 spiro atoms. The Bertz CT molecular complexity index is 551. The van der Waals surface area contributed by atoms with E-state index in [2.05, 4.69) is 5.32 Å². The van der Waals surface area contributed by atoms with E-state index in [-0.39, 0.29) is 5.91 Å². The lowest BCUT2D eigenvalue weighted by molar-refractivity contribution is 0.0905. The van der Waals surface area contributed by atoms with Crippen molar-refractivity contribution in [3.8, 4) is 5.75 Å². The molecule has 1 saturated carbocycles. The van der Waals surface area contributed by atoms with Gasteiger partial charge in [0.05, 0.1) is 23.2 Å². The van der Waals surface area contributed by atoms with Crippen LogP contribution in [-0.4, -0.2) is 23.5 Å². The predicted octanol–water partition coefficient (Wildman–Crippen LogP) is 2.72. The van der Waals surface area contributed by atoms with Gasteiger partial charge in [0.25, 0.3) is 5.91 Å². The molecular formula is C16H22N2O2S. The second-order valence-electron chi connectivity index (χ2n) is 5.66. The standard InChI is InChI=1S/C16H22N2O2S/c1-11-6-7-13(20-2)12(10-11)14(19)18-16(15(17)21)8-4-3-5-9-16/h6-7,10H,3-5,8-9H2,1-2H3,(H2,17,21)(H,18,19). The van der Waals surface area contributed by atoms with Crippen molar-refractivity contribution in [2.45, 2.75) is 44.6 Å². The van der Waals surface area contributed by atoms with E-state index in [0.29, 0.717) is 16.3 Å². The van der Waals surface area contributed by atoms with Crippen LogP contribution in [0.1, 0.15) is 48.0 Å². The first-order valence-corrected chi connectivity index (χ1v) is 7.66. The van der Waals surface area contributed by atoms with Gasteiger partial charge >= 0.3 is 0 Å². The highest BCUT2D eigenvalue weighted by Crippen LogP contribution is 2.30. The summed E-state index contributed by atoms with van der Waals surface area (Å²) >= 11 is 5.21. The van der Waals surface area contributed by atoms with Crippen LogP contribution in [0.3, 0.4) is 0 Å². The first kappa shape index (κ1) is 15.8. The Kier molecular flexibility index (Phi) is 4.83. The molecule has 21 heavy (non-hydrogen) atoms. The van der Waals surface area contributed by atoms with Crippen LogP contribution < -0.4 is 15.8 Å². The van der Waals surface area contributed by atoms with Gasteiger partial charge in [0.15, 0.2) is 0 Å². The average molecular weight is 306 g/mol. The van der Waals surface area contributed by atoms with Crippen LogP contribution in [0.5, 0.6) is 5.75 Å². The van der Waals surface area contributed by atoms with Crippen LogP contribution in [-0.2, 0) is 0 Å². The fourth-order valence-electron chi connectivity index (χ4n) is 2.87. The first-order chi connectivity index (χ1) is 9.98. The SMILES string of the molecule is COc1ccc(C)cc1C(=O)NC1(C(N)=S)CCCCC1. The zero-order chi connectivity index (χ0) is 15.5. The first-order valence-electron chi connectivity index (χ1n) is 7.25. The lowest BCUT2D eigenvalue weighted by atomic mass is 9.81. The minimum atomic E-state index is -0.556. The number of benzene rings is 1. The Morgan fingerprint density at radius 3 is 2.57 bits per heavy atom. The monoisotopic (exact) mass is 306 g/mol. The number of hydrogen-bond donors (Lipinski definition) is 2. The summed E-state index contributed by atoms with van der Waals surface area (Å²) in [4.78, 5) is 13.0. The van der Waals surface area contributed by atoms with Gasteiger partial charge in [0.1, 0.15) is 5.75 Å². The maximum atomic E-state index is 12.6. The summed E-state index contributed by atoms with van der Waals surface area (Å²) in [6.07, 6.45) is 4.84. The fraction of sp³-hybridized carbons (Fsp3) is 0.500. The van der Waals surface area contributed by atoms with E-state index in [4.69, 9.17) is 22.7 Å². The molecule has 114 valence electrons.